The van der Waals surface area contributed by atoms with Crippen molar-refractivity contribution in [3.8, 4) is 5.75 Å². The van der Waals surface area contributed by atoms with E-state index in [1.165, 1.54) is 7.11 Å². The van der Waals surface area contributed by atoms with Crippen LogP contribution < -0.4 is 14.8 Å². The normalized spacial score (nSPS) is 18.6. The number of carbonyl (C=O) groups excluding carboxylic acids is 1. The van der Waals surface area contributed by atoms with Gasteiger partial charge in [0.2, 0.25) is 15.9 Å². The highest BCUT2D eigenvalue weighted by atomic mass is 35.5. The monoisotopic (exact) mass is 408 g/mol. The molecule has 0 aliphatic heterocycles. The summed E-state index contributed by atoms with van der Waals surface area (Å²) in [6.07, 6.45) is 0.751. The number of sulfonamides is 1. The van der Waals surface area contributed by atoms with Crippen LogP contribution >= 0.6 is 11.6 Å². The molecule has 0 bridgehead atoms. The molecule has 2 aromatic carbocycles. The number of anilines is 2. The predicted molar refractivity (Wildman–Crippen MR) is 107 cm³/mol. The molecule has 2 atom stereocenters. The number of benzene rings is 2. The lowest BCUT2D eigenvalue weighted by molar-refractivity contribution is -0.117. The summed E-state index contributed by atoms with van der Waals surface area (Å²) < 4.78 is 31.2. The van der Waals surface area contributed by atoms with Gasteiger partial charge in [-0.3, -0.25) is 9.52 Å². The zero-order chi connectivity index (χ0) is 19.6. The fourth-order valence-corrected chi connectivity index (χ4v) is 3.86. The highest BCUT2D eigenvalue weighted by molar-refractivity contribution is 7.92. The molecule has 144 valence electrons. The number of hydrogen-bond acceptors (Lipinski definition) is 4. The van der Waals surface area contributed by atoms with Gasteiger partial charge in [-0.1, -0.05) is 29.8 Å². The first-order valence-electron chi connectivity index (χ1n) is 8.58. The number of ether oxygens (including phenoxy) is 1. The Morgan fingerprint density at radius 1 is 1.26 bits per heavy atom. The summed E-state index contributed by atoms with van der Waals surface area (Å²) in [5.41, 5.74) is 1.86. The van der Waals surface area contributed by atoms with E-state index in [9.17, 15) is 13.2 Å². The average Bonchev–Trinajstić information content (AvgIpc) is 3.44. The van der Waals surface area contributed by atoms with E-state index in [0.29, 0.717) is 22.1 Å². The van der Waals surface area contributed by atoms with E-state index in [4.69, 9.17) is 16.3 Å². The van der Waals surface area contributed by atoms with Gasteiger partial charge in [0.15, 0.2) is 0 Å². The van der Waals surface area contributed by atoms with Crippen molar-refractivity contribution in [3.63, 3.8) is 0 Å². The first-order chi connectivity index (χ1) is 12.8. The maximum absolute atomic E-state index is 12.5. The molecule has 2 aromatic rings. The van der Waals surface area contributed by atoms with Crippen LogP contribution in [0, 0.1) is 5.92 Å². The lowest BCUT2D eigenvalue weighted by atomic mass is 10.1. The maximum Gasteiger partial charge on any atom is 0.232 e. The van der Waals surface area contributed by atoms with Gasteiger partial charge in [0.25, 0.3) is 0 Å². The molecule has 3 rings (SSSR count). The topological polar surface area (TPSA) is 84.5 Å². The molecular formula is C19H21ClN2O4S. The molecule has 0 aromatic heterocycles. The van der Waals surface area contributed by atoms with E-state index < -0.39 is 10.0 Å². The molecule has 2 N–H and O–H groups in total. The zero-order valence-electron chi connectivity index (χ0n) is 15.0. The van der Waals surface area contributed by atoms with Gasteiger partial charge in [-0.25, -0.2) is 8.42 Å². The number of carbonyl (C=O) groups is 1. The minimum atomic E-state index is -3.42. The van der Waals surface area contributed by atoms with Crippen LogP contribution in [0.5, 0.6) is 5.75 Å². The highest BCUT2D eigenvalue weighted by Gasteiger charge is 2.44. The molecule has 1 fully saturated rings. The number of amides is 1. The Balaban J connectivity index is 1.69. The van der Waals surface area contributed by atoms with Crippen LogP contribution in [-0.4, -0.2) is 27.2 Å². The van der Waals surface area contributed by atoms with Crippen LogP contribution in [0.25, 0.3) is 0 Å². The SMILES string of the molecule is CCS(=O)(=O)Nc1ccc(NC(=O)C2CC2c2ccccc2Cl)cc1OC. The molecule has 0 heterocycles. The van der Waals surface area contributed by atoms with Gasteiger partial charge in [-0.2, -0.15) is 0 Å². The van der Waals surface area contributed by atoms with Crippen LogP contribution in [0.3, 0.4) is 0 Å². The van der Waals surface area contributed by atoms with E-state index in [0.717, 1.165) is 12.0 Å². The Morgan fingerprint density at radius 3 is 2.67 bits per heavy atom. The molecule has 1 aliphatic carbocycles. The lowest BCUT2D eigenvalue weighted by Gasteiger charge is -2.13. The fourth-order valence-electron chi connectivity index (χ4n) is 2.93. The standard InChI is InChI=1S/C19H21ClN2O4S/c1-3-27(24,25)22-17-9-8-12(10-18(17)26-2)21-19(23)15-11-14(15)13-6-4-5-7-16(13)20/h4-10,14-15,22H,3,11H2,1-2H3,(H,21,23). The third-order valence-electron chi connectivity index (χ3n) is 4.55. The van der Waals surface area contributed by atoms with Crippen LogP contribution in [0.4, 0.5) is 11.4 Å². The first kappa shape index (κ1) is 19.5. The number of methoxy groups -OCH3 is 1. The van der Waals surface area contributed by atoms with Crippen molar-refractivity contribution in [2.45, 2.75) is 19.3 Å². The minimum absolute atomic E-state index is 0.0419. The van der Waals surface area contributed by atoms with Gasteiger partial charge in [0.1, 0.15) is 5.75 Å². The van der Waals surface area contributed by atoms with Gasteiger partial charge in [0.05, 0.1) is 18.6 Å². The molecule has 1 amide bonds. The van der Waals surface area contributed by atoms with E-state index in [1.807, 2.05) is 24.3 Å². The third-order valence-corrected chi connectivity index (χ3v) is 6.18. The second-order valence-electron chi connectivity index (χ2n) is 6.38. The molecule has 0 radical (unpaired) electrons. The van der Waals surface area contributed by atoms with Crippen LogP contribution in [0.2, 0.25) is 5.02 Å². The van der Waals surface area contributed by atoms with Crippen molar-refractivity contribution in [1.29, 1.82) is 0 Å². The van der Waals surface area contributed by atoms with E-state index in [1.54, 1.807) is 25.1 Å². The summed E-state index contributed by atoms with van der Waals surface area (Å²) in [7, 11) is -1.97. The van der Waals surface area contributed by atoms with Crippen molar-refractivity contribution in [2.24, 2.45) is 5.92 Å². The molecule has 27 heavy (non-hydrogen) atoms. The molecule has 2 unspecified atom stereocenters. The number of rotatable bonds is 7. The summed E-state index contributed by atoms with van der Waals surface area (Å²) in [5, 5.41) is 3.54. The Morgan fingerprint density at radius 2 is 2.00 bits per heavy atom. The molecule has 0 spiro atoms. The lowest BCUT2D eigenvalue weighted by Crippen LogP contribution is -2.16. The fraction of sp³-hybridized carbons (Fsp3) is 0.316. The summed E-state index contributed by atoms with van der Waals surface area (Å²) in [6, 6.07) is 12.3. The molecular weight excluding hydrogens is 388 g/mol. The summed E-state index contributed by atoms with van der Waals surface area (Å²) in [4.78, 5) is 12.5. The summed E-state index contributed by atoms with van der Waals surface area (Å²) >= 11 is 6.21. The smallest absolute Gasteiger partial charge is 0.232 e. The van der Waals surface area contributed by atoms with Gasteiger partial charge in [-0.15, -0.1) is 0 Å². The van der Waals surface area contributed by atoms with E-state index >= 15 is 0 Å². The Bertz CT molecular complexity index is 962. The molecule has 1 saturated carbocycles. The number of hydrogen-bond donors (Lipinski definition) is 2. The second-order valence-corrected chi connectivity index (χ2v) is 8.80. The molecule has 1 aliphatic rings. The zero-order valence-corrected chi connectivity index (χ0v) is 16.6. The average molecular weight is 409 g/mol. The molecule has 6 nitrogen and oxygen atoms in total. The molecule has 8 heteroatoms. The van der Waals surface area contributed by atoms with Gasteiger partial charge < -0.3 is 10.1 Å². The Labute approximate surface area is 163 Å². The van der Waals surface area contributed by atoms with Gasteiger partial charge in [0, 0.05) is 22.7 Å². The minimum Gasteiger partial charge on any atom is -0.494 e. The quantitative estimate of drug-likeness (QED) is 0.728. The Hall–Kier alpha value is -2.25. The number of nitrogens with one attached hydrogen (secondary N) is 2. The first-order valence-corrected chi connectivity index (χ1v) is 10.6. The third kappa shape index (κ3) is 4.54. The summed E-state index contributed by atoms with van der Waals surface area (Å²) in [6.45, 7) is 1.55. The molecule has 0 saturated heterocycles. The van der Waals surface area contributed by atoms with Crippen molar-refractivity contribution < 1.29 is 17.9 Å². The van der Waals surface area contributed by atoms with Crippen LogP contribution in [-0.2, 0) is 14.8 Å². The van der Waals surface area contributed by atoms with Crippen molar-refractivity contribution in [1.82, 2.24) is 0 Å². The second kappa shape index (κ2) is 7.78. The number of halogens is 1. The van der Waals surface area contributed by atoms with E-state index in [2.05, 4.69) is 10.0 Å². The predicted octanol–water partition coefficient (Wildman–Crippen LogP) is 3.85. The maximum atomic E-state index is 12.5. The highest BCUT2D eigenvalue weighted by Crippen LogP contribution is 2.50. The van der Waals surface area contributed by atoms with Crippen molar-refractivity contribution in [3.05, 3.63) is 53.1 Å². The van der Waals surface area contributed by atoms with Crippen LogP contribution in [0.1, 0.15) is 24.8 Å². The van der Waals surface area contributed by atoms with Gasteiger partial charge >= 0.3 is 0 Å². The van der Waals surface area contributed by atoms with E-state index in [-0.39, 0.29) is 23.5 Å². The largest absolute Gasteiger partial charge is 0.494 e. The van der Waals surface area contributed by atoms with Gasteiger partial charge in [-0.05, 0) is 43.0 Å². The van der Waals surface area contributed by atoms with Crippen LogP contribution in [0.15, 0.2) is 42.5 Å². The van der Waals surface area contributed by atoms with Crippen molar-refractivity contribution in [2.75, 3.05) is 22.9 Å². The Kier molecular flexibility index (Phi) is 5.62. The van der Waals surface area contributed by atoms with Crippen molar-refractivity contribution >= 4 is 38.9 Å². The summed E-state index contributed by atoms with van der Waals surface area (Å²) in [5.74, 6) is 0.192.